The highest BCUT2D eigenvalue weighted by molar-refractivity contribution is 7.99. The number of aromatic amines is 1. The third-order valence-electron chi connectivity index (χ3n) is 8.45. The largest absolute Gasteiger partial charge is 0.436 e. The lowest BCUT2D eigenvalue weighted by Gasteiger charge is -2.32. The highest BCUT2D eigenvalue weighted by atomic mass is 32.2. The van der Waals surface area contributed by atoms with Gasteiger partial charge < -0.3 is 31.1 Å². The number of aliphatic hydroxyl groups is 1. The Morgan fingerprint density at radius 2 is 1.80 bits per heavy atom. The highest BCUT2D eigenvalue weighted by Gasteiger charge is 2.33. The quantitative estimate of drug-likeness (QED) is 0.179. The lowest BCUT2D eigenvalue weighted by Crippen LogP contribution is -2.56. The molecule has 3 amide bonds. The van der Waals surface area contributed by atoms with Crippen LogP contribution in [0.25, 0.3) is 0 Å². The summed E-state index contributed by atoms with van der Waals surface area (Å²) < 4.78 is 5.78. The first-order valence-electron chi connectivity index (χ1n) is 15.8. The summed E-state index contributed by atoms with van der Waals surface area (Å²) in [5, 5.41) is 24.4. The van der Waals surface area contributed by atoms with Gasteiger partial charge in [-0.25, -0.2) is 9.78 Å². The van der Waals surface area contributed by atoms with Crippen LogP contribution in [-0.4, -0.2) is 104 Å². The standard InChI is InChI=1S/C31H47N7O5S2/c1-44-18-25(28(40)35-24(16-21-8-4-2-5-9-21)26(39)19-45-30-33-20-34-37-30)36-29(41)27(17-22-10-6-3-7-11-22)43-31(42)38-14-12-23(32)13-15-38/h3,6-7,10-11,20-21,23-27,39H,2,4-5,8-9,12-19,32H2,1H3,(H,35,40)(H,36,41)(H,33,34,37)/t24-,25-,26-,27-/m0/s1. The SMILES string of the molecule is CSC[C@H](NC(=O)[C@H](Cc1ccccc1)OC(=O)N1CCC(N)CC1)C(=O)N[C@@H](CC1CCCCC1)[C@@H](O)CSc1ncn[nH]1. The second-order valence-electron chi connectivity index (χ2n) is 11.9. The van der Waals surface area contributed by atoms with Gasteiger partial charge in [-0.15, -0.1) is 0 Å². The van der Waals surface area contributed by atoms with Gasteiger partial charge in [-0.1, -0.05) is 74.2 Å². The van der Waals surface area contributed by atoms with Gasteiger partial charge in [-0.3, -0.25) is 14.7 Å². The number of carbonyl (C=O) groups excluding carboxylic acids is 3. The molecule has 2 heterocycles. The molecular formula is C31H47N7O5S2. The van der Waals surface area contributed by atoms with Crippen LogP contribution in [0.4, 0.5) is 4.79 Å². The number of thioether (sulfide) groups is 2. The second kappa shape index (κ2) is 18.4. The fourth-order valence-corrected chi connectivity index (χ4v) is 7.20. The molecule has 12 nitrogen and oxygen atoms in total. The third-order valence-corrected chi connectivity index (χ3v) is 10.1. The van der Waals surface area contributed by atoms with Gasteiger partial charge in [-0.05, 0) is 37.0 Å². The maximum absolute atomic E-state index is 13.7. The first-order valence-corrected chi connectivity index (χ1v) is 18.2. The summed E-state index contributed by atoms with van der Waals surface area (Å²) in [6.07, 6.45) is 8.53. The van der Waals surface area contributed by atoms with E-state index < -0.39 is 36.3 Å². The van der Waals surface area contributed by atoms with E-state index in [4.69, 9.17) is 10.5 Å². The number of aliphatic hydroxyl groups excluding tert-OH is 1. The molecule has 0 radical (unpaired) electrons. The molecule has 2 fully saturated rings. The molecule has 14 heteroatoms. The van der Waals surface area contributed by atoms with Crippen LogP contribution < -0.4 is 16.4 Å². The number of rotatable bonds is 15. The second-order valence-corrected chi connectivity index (χ2v) is 13.8. The smallest absolute Gasteiger partial charge is 0.410 e. The molecule has 2 aromatic rings. The van der Waals surface area contributed by atoms with E-state index in [0.29, 0.717) is 54.9 Å². The van der Waals surface area contributed by atoms with E-state index in [1.165, 1.54) is 36.3 Å². The number of aromatic nitrogens is 3. The van der Waals surface area contributed by atoms with Gasteiger partial charge in [-0.2, -0.15) is 16.9 Å². The number of piperidine rings is 1. The van der Waals surface area contributed by atoms with E-state index in [-0.39, 0.29) is 18.4 Å². The van der Waals surface area contributed by atoms with Gasteiger partial charge in [0.15, 0.2) is 11.3 Å². The minimum Gasteiger partial charge on any atom is -0.436 e. The number of amides is 3. The number of ether oxygens (including phenoxy) is 1. The van der Waals surface area contributed by atoms with Crippen molar-refractivity contribution in [2.75, 3.05) is 30.9 Å². The highest BCUT2D eigenvalue weighted by Crippen LogP contribution is 2.29. The maximum Gasteiger partial charge on any atom is 0.410 e. The number of nitrogens with two attached hydrogens (primary N) is 1. The zero-order valence-corrected chi connectivity index (χ0v) is 27.6. The van der Waals surface area contributed by atoms with Gasteiger partial charge in [0.1, 0.15) is 12.4 Å². The van der Waals surface area contributed by atoms with Crippen LogP contribution in [0.15, 0.2) is 41.8 Å². The average Bonchev–Trinajstić information content (AvgIpc) is 3.58. The molecule has 45 heavy (non-hydrogen) atoms. The van der Waals surface area contributed by atoms with E-state index >= 15 is 0 Å². The molecule has 1 aliphatic carbocycles. The van der Waals surface area contributed by atoms with Gasteiger partial charge in [0.2, 0.25) is 5.91 Å². The molecule has 4 rings (SSSR count). The lowest BCUT2D eigenvalue weighted by atomic mass is 9.84. The summed E-state index contributed by atoms with van der Waals surface area (Å²) in [6.45, 7) is 0.938. The minimum atomic E-state index is -1.13. The van der Waals surface area contributed by atoms with Crippen molar-refractivity contribution >= 4 is 41.4 Å². The van der Waals surface area contributed by atoms with Crippen molar-refractivity contribution in [2.45, 2.75) is 93.3 Å². The van der Waals surface area contributed by atoms with Crippen LogP contribution in [-0.2, 0) is 20.7 Å². The summed E-state index contributed by atoms with van der Waals surface area (Å²) >= 11 is 2.76. The molecular weight excluding hydrogens is 615 g/mol. The van der Waals surface area contributed by atoms with Crippen LogP contribution in [0.2, 0.25) is 0 Å². The van der Waals surface area contributed by atoms with Gasteiger partial charge in [0.05, 0.1) is 12.1 Å². The first-order chi connectivity index (χ1) is 21.8. The van der Waals surface area contributed by atoms with Crippen molar-refractivity contribution in [3.63, 3.8) is 0 Å². The molecule has 0 spiro atoms. The van der Waals surface area contributed by atoms with Crippen molar-refractivity contribution in [2.24, 2.45) is 11.7 Å². The predicted octanol–water partition coefficient (Wildman–Crippen LogP) is 2.73. The van der Waals surface area contributed by atoms with Gasteiger partial charge in [0.25, 0.3) is 5.91 Å². The number of carbonyl (C=O) groups is 3. The Labute approximate surface area is 273 Å². The maximum atomic E-state index is 13.7. The van der Waals surface area contributed by atoms with Crippen LogP contribution in [0, 0.1) is 5.92 Å². The Hall–Kier alpha value is -2.81. The lowest BCUT2D eigenvalue weighted by molar-refractivity contribution is -0.134. The molecule has 1 saturated heterocycles. The number of benzene rings is 1. The number of hydrogen-bond acceptors (Lipinski definition) is 10. The Morgan fingerprint density at radius 3 is 2.47 bits per heavy atom. The van der Waals surface area contributed by atoms with Crippen molar-refractivity contribution in [1.29, 1.82) is 0 Å². The number of hydrogen-bond donors (Lipinski definition) is 5. The van der Waals surface area contributed by atoms with E-state index in [9.17, 15) is 19.5 Å². The monoisotopic (exact) mass is 661 g/mol. The van der Waals surface area contributed by atoms with Crippen molar-refractivity contribution in [3.05, 3.63) is 42.2 Å². The molecule has 1 saturated carbocycles. The summed E-state index contributed by atoms with van der Waals surface area (Å²) in [6, 6.07) is 8.00. The third kappa shape index (κ3) is 11.5. The Morgan fingerprint density at radius 1 is 1.07 bits per heavy atom. The van der Waals surface area contributed by atoms with Crippen molar-refractivity contribution in [3.8, 4) is 0 Å². The molecule has 248 valence electrons. The van der Waals surface area contributed by atoms with Crippen LogP contribution in [0.5, 0.6) is 0 Å². The van der Waals surface area contributed by atoms with E-state index in [1.54, 1.807) is 4.90 Å². The number of nitrogens with one attached hydrogen (secondary N) is 3. The molecule has 6 N–H and O–H groups in total. The summed E-state index contributed by atoms with van der Waals surface area (Å²) in [5.74, 6) is 0.120. The summed E-state index contributed by atoms with van der Waals surface area (Å²) in [7, 11) is 0. The Kier molecular flexibility index (Phi) is 14.3. The topological polar surface area (TPSA) is 176 Å². The molecule has 0 unspecified atom stereocenters. The average molecular weight is 662 g/mol. The van der Waals surface area contributed by atoms with E-state index in [2.05, 4.69) is 25.8 Å². The van der Waals surface area contributed by atoms with E-state index in [1.807, 2.05) is 36.6 Å². The van der Waals surface area contributed by atoms with Crippen LogP contribution in [0.3, 0.4) is 0 Å². The molecule has 1 aromatic carbocycles. The van der Waals surface area contributed by atoms with Crippen molar-refractivity contribution in [1.82, 2.24) is 30.7 Å². The normalized spacial score (nSPS) is 18.9. The number of H-pyrrole nitrogens is 1. The number of likely N-dealkylation sites (tertiary alicyclic amines) is 1. The first kappa shape index (κ1) is 35.1. The van der Waals surface area contributed by atoms with E-state index in [0.717, 1.165) is 31.2 Å². The van der Waals surface area contributed by atoms with Crippen molar-refractivity contribution < 1.29 is 24.2 Å². The van der Waals surface area contributed by atoms with Crippen LogP contribution in [0.1, 0.15) is 56.9 Å². The Bertz CT molecular complexity index is 1180. The predicted molar refractivity (Wildman–Crippen MR) is 176 cm³/mol. The molecule has 4 atom stereocenters. The Balaban J connectivity index is 1.44. The zero-order chi connectivity index (χ0) is 32.0. The fraction of sp³-hybridized carbons (Fsp3) is 0.645. The number of nitrogens with zero attached hydrogens (tertiary/aromatic N) is 3. The fourth-order valence-electron chi connectivity index (χ4n) is 5.83. The zero-order valence-electron chi connectivity index (χ0n) is 25.9. The molecule has 2 aliphatic rings. The molecule has 0 bridgehead atoms. The molecule has 1 aliphatic heterocycles. The van der Waals surface area contributed by atoms with Crippen LogP contribution >= 0.6 is 23.5 Å². The van der Waals surface area contributed by atoms with Gasteiger partial charge >= 0.3 is 6.09 Å². The molecule has 1 aromatic heterocycles. The summed E-state index contributed by atoms with van der Waals surface area (Å²) in [5.41, 5.74) is 6.83. The van der Waals surface area contributed by atoms with Gasteiger partial charge in [0, 0.05) is 37.1 Å². The minimum absolute atomic E-state index is 0.0458. The summed E-state index contributed by atoms with van der Waals surface area (Å²) in [4.78, 5) is 46.2.